The molecule has 94 valence electrons. The van der Waals surface area contributed by atoms with Crippen molar-refractivity contribution >= 4 is 11.6 Å². The Morgan fingerprint density at radius 1 is 1.41 bits per heavy atom. The molecule has 1 rings (SSSR count). The first-order chi connectivity index (χ1) is 7.94. The summed E-state index contributed by atoms with van der Waals surface area (Å²) in [5.41, 5.74) is 1.20. The number of hydrogen-bond donors (Lipinski definition) is 2. The van der Waals surface area contributed by atoms with Crippen LogP contribution in [-0.4, -0.2) is 23.0 Å². The van der Waals surface area contributed by atoms with Crippen molar-refractivity contribution in [2.45, 2.75) is 39.7 Å². The molecule has 0 aliphatic heterocycles. The second kappa shape index (κ2) is 5.66. The molecule has 0 saturated heterocycles. The predicted octanol–water partition coefficient (Wildman–Crippen LogP) is 2.43. The van der Waals surface area contributed by atoms with Gasteiger partial charge in [-0.25, -0.2) is 0 Å². The molecule has 0 aliphatic rings. The van der Waals surface area contributed by atoms with Gasteiger partial charge in [-0.2, -0.15) is 0 Å². The second-order valence-corrected chi connectivity index (χ2v) is 5.05. The maximum Gasteiger partial charge on any atom is 0.253 e. The summed E-state index contributed by atoms with van der Waals surface area (Å²) in [4.78, 5) is 16.1. The van der Waals surface area contributed by atoms with E-state index in [1.54, 1.807) is 18.5 Å². The van der Waals surface area contributed by atoms with Crippen molar-refractivity contribution in [1.29, 1.82) is 0 Å². The Labute approximate surface area is 103 Å². The lowest BCUT2D eigenvalue weighted by atomic mass is 10.1. The minimum absolute atomic E-state index is 0.0708. The molecule has 1 aromatic rings. The third-order valence-corrected chi connectivity index (χ3v) is 2.12. The van der Waals surface area contributed by atoms with Crippen molar-refractivity contribution < 1.29 is 4.79 Å². The van der Waals surface area contributed by atoms with Gasteiger partial charge in [0.2, 0.25) is 0 Å². The monoisotopic (exact) mass is 235 g/mol. The van der Waals surface area contributed by atoms with E-state index in [0.717, 1.165) is 18.7 Å². The Morgan fingerprint density at radius 2 is 2.12 bits per heavy atom. The highest BCUT2D eigenvalue weighted by molar-refractivity contribution is 5.99. The average molecular weight is 235 g/mol. The number of rotatable bonds is 4. The molecule has 0 spiro atoms. The van der Waals surface area contributed by atoms with Crippen molar-refractivity contribution in [3.8, 4) is 0 Å². The van der Waals surface area contributed by atoms with E-state index in [1.807, 2.05) is 20.8 Å². The van der Waals surface area contributed by atoms with E-state index in [1.165, 1.54) is 0 Å². The van der Waals surface area contributed by atoms with Crippen molar-refractivity contribution in [3.05, 3.63) is 24.0 Å². The van der Waals surface area contributed by atoms with Gasteiger partial charge in [-0.1, -0.05) is 6.92 Å². The average Bonchev–Trinajstić information content (AvgIpc) is 2.24. The third kappa shape index (κ3) is 4.43. The molecule has 17 heavy (non-hydrogen) atoms. The number of nitrogens with zero attached hydrogens (tertiary/aromatic N) is 1. The van der Waals surface area contributed by atoms with Crippen LogP contribution in [0.1, 0.15) is 44.5 Å². The van der Waals surface area contributed by atoms with E-state index in [0.29, 0.717) is 5.56 Å². The number of carbonyl (C=O) groups is 1. The molecule has 1 amide bonds. The van der Waals surface area contributed by atoms with Crippen molar-refractivity contribution in [2.75, 3.05) is 11.9 Å². The zero-order valence-electron chi connectivity index (χ0n) is 11.0. The summed E-state index contributed by atoms with van der Waals surface area (Å²) in [5.74, 6) is -0.0708. The summed E-state index contributed by atoms with van der Waals surface area (Å²) < 4.78 is 0. The first kappa shape index (κ1) is 13.5. The van der Waals surface area contributed by atoms with Gasteiger partial charge in [0.1, 0.15) is 0 Å². The molecule has 4 nitrogen and oxygen atoms in total. The van der Waals surface area contributed by atoms with Crippen molar-refractivity contribution in [3.63, 3.8) is 0 Å². The minimum Gasteiger partial charge on any atom is -0.383 e. The van der Waals surface area contributed by atoms with Gasteiger partial charge in [-0.3, -0.25) is 9.78 Å². The maximum absolute atomic E-state index is 12.1. The van der Waals surface area contributed by atoms with Gasteiger partial charge in [0, 0.05) is 18.3 Å². The second-order valence-electron chi connectivity index (χ2n) is 5.05. The lowest BCUT2D eigenvalue weighted by Crippen LogP contribution is -2.40. The van der Waals surface area contributed by atoms with Crippen molar-refractivity contribution in [2.24, 2.45) is 0 Å². The van der Waals surface area contributed by atoms with Gasteiger partial charge in [-0.15, -0.1) is 0 Å². The van der Waals surface area contributed by atoms with Gasteiger partial charge in [-0.05, 0) is 33.3 Å². The Balaban J connectivity index is 2.85. The van der Waals surface area contributed by atoms with Crippen LogP contribution in [0, 0.1) is 0 Å². The molecule has 0 aliphatic carbocycles. The molecule has 0 saturated carbocycles. The number of nitrogens with one attached hydrogen (secondary N) is 2. The number of hydrogen-bond acceptors (Lipinski definition) is 3. The van der Waals surface area contributed by atoms with Crippen LogP contribution < -0.4 is 10.6 Å². The number of anilines is 1. The zero-order chi connectivity index (χ0) is 12.9. The smallest absolute Gasteiger partial charge is 0.253 e. The van der Waals surface area contributed by atoms with E-state index >= 15 is 0 Å². The highest BCUT2D eigenvalue weighted by atomic mass is 16.1. The molecule has 2 N–H and O–H groups in total. The molecular weight excluding hydrogens is 214 g/mol. The number of amides is 1. The molecular formula is C13H21N3O. The molecule has 0 fully saturated rings. The summed E-state index contributed by atoms with van der Waals surface area (Å²) in [6.07, 6.45) is 4.33. The van der Waals surface area contributed by atoms with Crippen LogP contribution >= 0.6 is 0 Å². The Morgan fingerprint density at radius 3 is 2.71 bits per heavy atom. The molecule has 0 radical (unpaired) electrons. The Bertz CT molecular complexity index is 382. The van der Waals surface area contributed by atoms with E-state index in [9.17, 15) is 4.79 Å². The molecule has 1 aromatic heterocycles. The first-order valence-corrected chi connectivity index (χ1v) is 5.94. The molecule has 0 unspecified atom stereocenters. The highest BCUT2D eigenvalue weighted by Gasteiger charge is 2.17. The number of pyridine rings is 1. The van der Waals surface area contributed by atoms with E-state index < -0.39 is 0 Å². The quantitative estimate of drug-likeness (QED) is 0.842. The predicted molar refractivity (Wildman–Crippen MR) is 70.2 cm³/mol. The molecule has 4 heteroatoms. The van der Waals surface area contributed by atoms with Crippen LogP contribution in [0.5, 0.6) is 0 Å². The van der Waals surface area contributed by atoms with Crippen LogP contribution in [0.3, 0.4) is 0 Å². The number of aromatic nitrogens is 1. The lowest BCUT2D eigenvalue weighted by molar-refractivity contribution is 0.0920. The summed E-state index contributed by atoms with van der Waals surface area (Å²) in [7, 11) is 0. The third-order valence-electron chi connectivity index (χ3n) is 2.12. The topological polar surface area (TPSA) is 54.0 Å². The Kier molecular flexibility index (Phi) is 4.49. The van der Waals surface area contributed by atoms with Gasteiger partial charge in [0.05, 0.1) is 17.4 Å². The fraction of sp³-hybridized carbons (Fsp3) is 0.538. The van der Waals surface area contributed by atoms with Crippen LogP contribution in [0.25, 0.3) is 0 Å². The van der Waals surface area contributed by atoms with E-state index in [4.69, 9.17) is 0 Å². The van der Waals surface area contributed by atoms with Crippen LogP contribution in [0.2, 0.25) is 0 Å². The lowest BCUT2D eigenvalue weighted by Gasteiger charge is -2.21. The maximum atomic E-state index is 12.1. The van der Waals surface area contributed by atoms with Crippen molar-refractivity contribution in [1.82, 2.24) is 10.3 Å². The Hall–Kier alpha value is -1.58. The normalized spacial score (nSPS) is 11.1. The van der Waals surface area contributed by atoms with Gasteiger partial charge in [0.25, 0.3) is 5.91 Å². The van der Waals surface area contributed by atoms with E-state index in [2.05, 4.69) is 22.5 Å². The zero-order valence-corrected chi connectivity index (χ0v) is 11.0. The first-order valence-electron chi connectivity index (χ1n) is 5.94. The van der Waals surface area contributed by atoms with Gasteiger partial charge >= 0.3 is 0 Å². The van der Waals surface area contributed by atoms with Crippen LogP contribution in [0.4, 0.5) is 5.69 Å². The summed E-state index contributed by atoms with van der Waals surface area (Å²) in [6.45, 7) is 8.81. The van der Waals surface area contributed by atoms with Gasteiger partial charge in [0.15, 0.2) is 0 Å². The molecule has 0 bridgehead atoms. The summed E-state index contributed by atoms with van der Waals surface area (Å²) in [6, 6.07) is 1.74. The summed E-state index contributed by atoms with van der Waals surface area (Å²) >= 11 is 0. The van der Waals surface area contributed by atoms with Crippen LogP contribution in [-0.2, 0) is 0 Å². The minimum atomic E-state index is -0.234. The molecule has 0 atom stereocenters. The fourth-order valence-electron chi connectivity index (χ4n) is 1.40. The van der Waals surface area contributed by atoms with E-state index in [-0.39, 0.29) is 11.4 Å². The highest BCUT2D eigenvalue weighted by Crippen LogP contribution is 2.14. The fourth-order valence-corrected chi connectivity index (χ4v) is 1.40. The summed E-state index contributed by atoms with van der Waals surface area (Å²) in [5, 5.41) is 6.15. The van der Waals surface area contributed by atoms with Crippen LogP contribution in [0.15, 0.2) is 18.5 Å². The molecule has 0 aromatic carbocycles. The molecule has 1 heterocycles. The largest absolute Gasteiger partial charge is 0.383 e. The standard InChI is InChI=1S/C13H21N3O/c1-5-7-15-11-9-14-8-6-10(11)12(17)16-13(2,3)4/h6,8-9,15H,5,7H2,1-4H3,(H,16,17). The van der Waals surface area contributed by atoms with Gasteiger partial charge < -0.3 is 10.6 Å². The SMILES string of the molecule is CCCNc1cnccc1C(=O)NC(C)(C)C. The number of carbonyl (C=O) groups excluding carboxylic acids is 1.